The highest BCUT2D eigenvalue weighted by Gasteiger charge is 2.36. The van der Waals surface area contributed by atoms with Crippen molar-refractivity contribution in [3.63, 3.8) is 0 Å². The molecular weight excluding hydrogens is 348 g/mol. The first kappa shape index (κ1) is 17.0. The van der Waals surface area contributed by atoms with Gasteiger partial charge in [-0.05, 0) is 11.4 Å². The molecule has 0 bridgehead atoms. The van der Waals surface area contributed by atoms with Crippen molar-refractivity contribution in [1.82, 2.24) is 19.6 Å². The van der Waals surface area contributed by atoms with E-state index in [1.165, 1.54) is 35.1 Å². The Morgan fingerprint density at radius 3 is 2.67 bits per heavy atom. The number of sulfonamides is 1. The van der Waals surface area contributed by atoms with Crippen LogP contribution in [0.3, 0.4) is 0 Å². The number of nitrogens with zero attached hydrogens (tertiary/aromatic N) is 3. The van der Waals surface area contributed by atoms with Gasteiger partial charge in [-0.15, -0.1) is 11.3 Å². The number of aromatic nitrogens is 2. The second kappa shape index (κ2) is 6.23. The molecule has 1 aliphatic heterocycles. The summed E-state index contributed by atoms with van der Waals surface area (Å²) in [6.45, 7) is 4.16. The Kier molecular flexibility index (Phi) is 4.41. The second-order valence-electron chi connectivity index (χ2n) is 5.95. The summed E-state index contributed by atoms with van der Waals surface area (Å²) in [5.41, 5.74) is 0.355. The Bertz CT molecular complexity index is 859. The third-order valence-electron chi connectivity index (χ3n) is 3.86. The van der Waals surface area contributed by atoms with Gasteiger partial charge in [0.05, 0.1) is 16.5 Å². The zero-order valence-electron chi connectivity index (χ0n) is 13.6. The van der Waals surface area contributed by atoms with Gasteiger partial charge in [-0.2, -0.15) is 4.31 Å². The smallest absolute Gasteiger partial charge is 0.254 e. The van der Waals surface area contributed by atoms with Crippen LogP contribution in [0.2, 0.25) is 0 Å². The van der Waals surface area contributed by atoms with Crippen LogP contribution < -0.4 is 5.32 Å². The van der Waals surface area contributed by atoms with Gasteiger partial charge < -0.3 is 5.32 Å². The molecule has 24 heavy (non-hydrogen) atoms. The van der Waals surface area contributed by atoms with Gasteiger partial charge in [-0.3, -0.25) is 4.79 Å². The predicted molar refractivity (Wildman–Crippen MR) is 90.5 cm³/mol. The summed E-state index contributed by atoms with van der Waals surface area (Å²) in [5, 5.41) is 4.60. The quantitative estimate of drug-likeness (QED) is 0.894. The van der Waals surface area contributed by atoms with Crippen LogP contribution in [0.25, 0.3) is 0 Å². The van der Waals surface area contributed by atoms with Gasteiger partial charge in [0.25, 0.3) is 5.91 Å². The summed E-state index contributed by atoms with van der Waals surface area (Å²) in [6.07, 6.45) is 2.99. The highest BCUT2D eigenvalue weighted by Crippen LogP contribution is 2.35. The number of fused-ring (bicyclic) bond motifs is 1. The summed E-state index contributed by atoms with van der Waals surface area (Å²) in [4.78, 5) is 21.7. The van der Waals surface area contributed by atoms with Gasteiger partial charge in [0.2, 0.25) is 10.0 Å². The SMILES string of the molecule is CC(C)c1ncc(C(=O)N[C@H]2CN(C)S(=O)(=O)c3ccsc32)cn1. The largest absolute Gasteiger partial charge is 0.343 e. The molecule has 2 aromatic rings. The van der Waals surface area contributed by atoms with Crippen LogP contribution in [0.5, 0.6) is 0 Å². The summed E-state index contributed by atoms with van der Waals surface area (Å²) in [7, 11) is -1.95. The Morgan fingerprint density at radius 2 is 2.04 bits per heavy atom. The van der Waals surface area contributed by atoms with Crippen molar-refractivity contribution in [3.05, 3.63) is 40.1 Å². The van der Waals surface area contributed by atoms with Crippen molar-refractivity contribution in [3.8, 4) is 0 Å². The summed E-state index contributed by atoms with van der Waals surface area (Å²) < 4.78 is 25.8. The lowest BCUT2D eigenvalue weighted by Gasteiger charge is -2.29. The Labute approximate surface area is 144 Å². The molecule has 3 rings (SSSR count). The van der Waals surface area contributed by atoms with E-state index >= 15 is 0 Å². The van der Waals surface area contributed by atoms with Crippen molar-refractivity contribution < 1.29 is 13.2 Å². The van der Waals surface area contributed by atoms with E-state index in [9.17, 15) is 13.2 Å². The lowest BCUT2D eigenvalue weighted by atomic mass is 10.2. The average molecular weight is 366 g/mol. The van der Waals surface area contributed by atoms with Crippen molar-refractivity contribution in [2.75, 3.05) is 13.6 Å². The van der Waals surface area contributed by atoms with Crippen LogP contribution in [0.1, 0.15) is 46.9 Å². The number of likely N-dealkylation sites (N-methyl/N-ethyl adjacent to an activating group) is 1. The van der Waals surface area contributed by atoms with E-state index in [-0.39, 0.29) is 29.3 Å². The lowest BCUT2D eigenvalue weighted by molar-refractivity contribution is 0.0931. The number of thiophene rings is 1. The fourth-order valence-corrected chi connectivity index (χ4v) is 5.19. The molecule has 1 atom stereocenters. The molecule has 0 aliphatic carbocycles. The Hall–Kier alpha value is -1.84. The molecule has 9 heteroatoms. The number of rotatable bonds is 3. The van der Waals surface area contributed by atoms with Crippen LogP contribution in [0.4, 0.5) is 0 Å². The van der Waals surface area contributed by atoms with Crippen LogP contribution in [0, 0.1) is 0 Å². The zero-order valence-corrected chi connectivity index (χ0v) is 15.2. The topological polar surface area (TPSA) is 92.3 Å². The molecule has 128 valence electrons. The minimum Gasteiger partial charge on any atom is -0.343 e. The first-order chi connectivity index (χ1) is 11.3. The van der Waals surface area contributed by atoms with Crippen LogP contribution in [-0.4, -0.2) is 42.2 Å². The molecule has 7 nitrogen and oxygen atoms in total. The fourth-order valence-electron chi connectivity index (χ4n) is 2.49. The molecule has 1 N–H and O–H groups in total. The molecule has 0 unspecified atom stereocenters. The summed E-state index contributed by atoms with van der Waals surface area (Å²) in [5.74, 6) is 0.547. The molecule has 0 saturated heterocycles. The molecule has 0 spiro atoms. The third kappa shape index (κ3) is 2.94. The van der Waals surface area contributed by atoms with Gasteiger partial charge in [0.1, 0.15) is 5.82 Å². The molecule has 2 aromatic heterocycles. The van der Waals surface area contributed by atoms with E-state index < -0.39 is 10.0 Å². The van der Waals surface area contributed by atoms with Crippen molar-refractivity contribution in [2.45, 2.75) is 30.7 Å². The van der Waals surface area contributed by atoms with Gasteiger partial charge in [0.15, 0.2) is 0 Å². The van der Waals surface area contributed by atoms with Crippen molar-refractivity contribution in [2.24, 2.45) is 0 Å². The number of hydrogen-bond acceptors (Lipinski definition) is 6. The van der Waals surface area contributed by atoms with Crippen LogP contribution in [0.15, 0.2) is 28.7 Å². The maximum atomic E-state index is 12.4. The van der Waals surface area contributed by atoms with Crippen LogP contribution in [-0.2, 0) is 10.0 Å². The number of hydrogen-bond donors (Lipinski definition) is 1. The van der Waals surface area contributed by atoms with Crippen molar-refractivity contribution >= 4 is 27.3 Å². The highest BCUT2D eigenvalue weighted by atomic mass is 32.2. The fraction of sp³-hybridized carbons (Fsp3) is 0.400. The van der Waals surface area contributed by atoms with Crippen molar-refractivity contribution in [1.29, 1.82) is 0 Å². The molecule has 1 amide bonds. The lowest BCUT2D eigenvalue weighted by Crippen LogP contribution is -2.42. The molecule has 0 radical (unpaired) electrons. The number of nitrogens with one attached hydrogen (secondary N) is 1. The first-order valence-electron chi connectivity index (χ1n) is 7.47. The monoisotopic (exact) mass is 366 g/mol. The minimum atomic E-state index is -3.46. The van der Waals surface area contributed by atoms with Gasteiger partial charge >= 0.3 is 0 Å². The third-order valence-corrected chi connectivity index (χ3v) is 6.90. The number of carbonyl (C=O) groups excluding carboxylic acids is 1. The molecule has 0 fully saturated rings. The molecule has 1 aliphatic rings. The normalized spacial score (nSPS) is 19.9. The standard InChI is InChI=1S/C15H18N4O3S2/c1-9(2)14-16-6-10(7-17-14)15(20)18-11-8-19(3)24(21,22)12-4-5-23-13(11)12/h4-7,9,11H,8H2,1-3H3,(H,18,20)/t11-/m0/s1. The average Bonchev–Trinajstić information content (AvgIpc) is 3.04. The van der Waals surface area contributed by atoms with Gasteiger partial charge in [-0.25, -0.2) is 18.4 Å². The Morgan fingerprint density at radius 1 is 1.38 bits per heavy atom. The summed E-state index contributed by atoms with van der Waals surface area (Å²) >= 11 is 1.33. The second-order valence-corrected chi connectivity index (χ2v) is 8.91. The van der Waals surface area contributed by atoms with E-state index in [2.05, 4.69) is 15.3 Å². The number of carbonyl (C=O) groups is 1. The van der Waals surface area contributed by atoms with Gasteiger partial charge in [-0.1, -0.05) is 13.8 Å². The molecule has 3 heterocycles. The molecule has 0 aromatic carbocycles. The number of amides is 1. The molecular formula is C15H18N4O3S2. The first-order valence-corrected chi connectivity index (χ1v) is 9.79. The van der Waals surface area contributed by atoms with E-state index in [1.807, 2.05) is 13.8 Å². The van der Waals surface area contributed by atoms with E-state index in [4.69, 9.17) is 0 Å². The van der Waals surface area contributed by atoms with E-state index in [1.54, 1.807) is 11.4 Å². The van der Waals surface area contributed by atoms with Crippen LogP contribution >= 0.6 is 11.3 Å². The summed E-state index contributed by atoms with van der Waals surface area (Å²) in [6, 6.07) is 1.19. The highest BCUT2D eigenvalue weighted by molar-refractivity contribution is 7.89. The maximum absolute atomic E-state index is 12.4. The minimum absolute atomic E-state index is 0.188. The van der Waals surface area contributed by atoms with Gasteiger partial charge in [0, 0.05) is 36.8 Å². The van der Waals surface area contributed by atoms with E-state index in [0.29, 0.717) is 16.3 Å². The predicted octanol–water partition coefficient (Wildman–Crippen LogP) is 1.77. The maximum Gasteiger partial charge on any atom is 0.254 e. The Balaban J connectivity index is 1.83. The molecule has 0 saturated carbocycles. The zero-order chi connectivity index (χ0) is 17.5. The van der Waals surface area contributed by atoms with E-state index in [0.717, 1.165) is 0 Å².